The van der Waals surface area contributed by atoms with Gasteiger partial charge >= 0.3 is 6.01 Å². The first-order valence-corrected chi connectivity index (χ1v) is 14.6. The van der Waals surface area contributed by atoms with Gasteiger partial charge in [-0.15, -0.1) is 0 Å². The van der Waals surface area contributed by atoms with Crippen molar-refractivity contribution < 1.29 is 14.2 Å². The van der Waals surface area contributed by atoms with Gasteiger partial charge in [0.2, 0.25) is 0 Å². The minimum Gasteiger partial charge on any atom is -0.508 e. The summed E-state index contributed by atoms with van der Waals surface area (Å²) in [6.45, 7) is 3.14. The number of aromatic hydroxyl groups is 1. The molecule has 40 heavy (non-hydrogen) atoms. The molecule has 9 heteroatoms. The molecule has 4 aromatic rings. The van der Waals surface area contributed by atoms with E-state index in [9.17, 15) is 5.11 Å². The molecule has 2 N–H and O–H groups in total. The number of hydrogen-bond acceptors (Lipinski definition) is 7. The summed E-state index contributed by atoms with van der Waals surface area (Å²) in [5.41, 5.74) is 0.910. The predicted octanol–water partition coefficient (Wildman–Crippen LogP) is 5.75. The van der Waals surface area contributed by atoms with Crippen LogP contribution in [0.5, 0.6) is 11.8 Å². The molecule has 3 saturated heterocycles. The summed E-state index contributed by atoms with van der Waals surface area (Å²) in [6.07, 6.45) is 5.45. The van der Waals surface area contributed by atoms with Crippen molar-refractivity contribution in [3.63, 3.8) is 0 Å². The average molecular weight is 562 g/mol. The Bertz CT molecular complexity index is 1590. The highest BCUT2D eigenvalue weighted by Gasteiger charge is 2.34. The van der Waals surface area contributed by atoms with E-state index in [-0.39, 0.29) is 27.9 Å². The van der Waals surface area contributed by atoms with Crippen molar-refractivity contribution in [2.45, 2.75) is 50.2 Å². The topological polar surface area (TPSA) is 73.8 Å². The van der Waals surface area contributed by atoms with E-state index in [1.165, 1.54) is 6.42 Å². The fraction of sp³-hybridized carbons (Fsp3) is 0.419. The van der Waals surface area contributed by atoms with Gasteiger partial charge in [-0.1, -0.05) is 35.9 Å². The van der Waals surface area contributed by atoms with Crippen LogP contribution in [0.15, 0.2) is 42.5 Å². The van der Waals surface area contributed by atoms with Crippen molar-refractivity contribution in [1.82, 2.24) is 20.2 Å². The third-order valence-electron chi connectivity index (χ3n) is 8.83. The highest BCUT2D eigenvalue weighted by atomic mass is 35.5. The van der Waals surface area contributed by atoms with Crippen molar-refractivity contribution in [2.75, 3.05) is 38.2 Å². The second kappa shape index (κ2) is 10.3. The van der Waals surface area contributed by atoms with Crippen LogP contribution < -0.4 is 15.0 Å². The van der Waals surface area contributed by atoms with Gasteiger partial charge in [-0.2, -0.15) is 9.97 Å². The van der Waals surface area contributed by atoms with Crippen molar-refractivity contribution in [3.8, 4) is 22.9 Å². The van der Waals surface area contributed by atoms with Crippen LogP contribution in [0.4, 0.5) is 10.2 Å². The lowest BCUT2D eigenvalue weighted by Crippen LogP contribution is -2.51. The fourth-order valence-electron chi connectivity index (χ4n) is 6.81. The first kappa shape index (κ1) is 25.7. The van der Waals surface area contributed by atoms with Gasteiger partial charge in [0.15, 0.2) is 5.82 Å². The summed E-state index contributed by atoms with van der Waals surface area (Å²) in [7, 11) is 2.15. The Hall–Kier alpha value is -3.20. The molecule has 2 unspecified atom stereocenters. The number of phenolic OH excluding ortho intramolecular Hbond substituents is 1. The molecule has 2 bridgehead atoms. The van der Waals surface area contributed by atoms with Crippen LogP contribution in [-0.2, 0) is 0 Å². The molecule has 4 heterocycles. The van der Waals surface area contributed by atoms with Crippen LogP contribution in [0.2, 0.25) is 5.02 Å². The number of piperazine rings is 1. The normalized spacial score (nSPS) is 23.0. The zero-order valence-electron chi connectivity index (χ0n) is 22.5. The number of nitrogens with one attached hydrogen (secondary N) is 1. The van der Waals surface area contributed by atoms with Crippen LogP contribution >= 0.6 is 11.6 Å². The lowest BCUT2D eigenvalue weighted by Gasteiger charge is -2.34. The van der Waals surface area contributed by atoms with Crippen LogP contribution in [-0.4, -0.2) is 71.4 Å². The van der Waals surface area contributed by atoms with Gasteiger partial charge in [0.1, 0.15) is 17.1 Å². The van der Waals surface area contributed by atoms with E-state index in [2.05, 4.69) is 27.1 Å². The van der Waals surface area contributed by atoms with Gasteiger partial charge in [0.05, 0.1) is 11.6 Å². The SMILES string of the molecule is CN1CCC[C@@H]1CCOc1nc(N2CC3CCC(C2)N3)c2cc(Cl)c(-c3cc(O)cc4ccccc34)c(F)c2n1. The van der Waals surface area contributed by atoms with E-state index in [1.807, 2.05) is 24.3 Å². The molecular weight excluding hydrogens is 529 g/mol. The Kier molecular flexibility index (Phi) is 6.65. The lowest BCUT2D eigenvalue weighted by molar-refractivity contribution is 0.223. The molecule has 0 saturated carbocycles. The number of fused-ring (bicyclic) bond motifs is 4. The first-order chi connectivity index (χ1) is 19.4. The molecule has 0 amide bonds. The van der Waals surface area contributed by atoms with E-state index in [0.29, 0.717) is 41.5 Å². The van der Waals surface area contributed by atoms with Gasteiger partial charge in [-0.25, -0.2) is 4.39 Å². The van der Waals surface area contributed by atoms with E-state index >= 15 is 4.39 Å². The first-order valence-electron chi connectivity index (χ1n) is 14.2. The zero-order chi connectivity index (χ0) is 27.4. The Balaban J connectivity index is 1.34. The maximum absolute atomic E-state index is 16.6. The number of nitrogens with zero attached hydrogens (tertiary/aromatic N) is 4. The van der Waals surface area contributed by atoms with E-state index < -0.39 is 5.82 Å². The summed E-state index contributed by atoms with van der Waals surface area (Å²) >= 11 is 6.84. The highest BCUT2D eigenvalue weighted by molar-refractivity contribution is 6.35. The number of rotatable bonds is 6. The average Bonchev–Trinajstić information content (AvgIpc) is 3.51. The van der Waals surface area contributed by atoms with Crippen LogP contribution in [0.3, 0.4) is 0 Å². The number of ether oxygens (including phenoxy) is 1. The molecule has 7 rings (SSSR count). The smallest absolute Gasteiger partial charge is 0.319 e. The molecule has 0 spiro atoms. The number of phenols is 1. The summed E-state index contributed by atoms with van der Waals surface area (Å²) < 4.78 is 22.8. The summed E-state index contributed by atoms with van der Waals surface area (Å²) in [4.78, 5) is 14.0. The van der Waals surface area contributed by atoms with Crippen LogP contribution in [0.25, 0.3) is 32.8 Å². The maximum Gasteiger partial charge on any atom is 0.319 e. The largest absolute Gasteiger partial charge is 0.508 e. The quantitative estimate of drug-likeness (QED) is 0.310. The number of anilines is 1. The molecule has 3 aliphatic heterocycles. The number of hydrogen-bond donors (Lipinski definition) is 2. The molecule has 0 aliphatic carbocycles. The molecule has 7 nitrogen and oxygen atoms in total. The standard InChI is InChI=1S/C31H33ClFN5O2/c1-37-11-4-6-21(37)10-12-40-31-35-29-25(30(36-31)38-16-19-8-9-20(17-38)34-19)15-26(32)27(28(29)33)24-14-22(39)13-18-5-2-3-7-23(18)24/h2-3,5,7,13-15,19-21,34,39H,4,6,8-12,16-17H2,1H3/t19?,20?,21-/m1/s1. The third-order valence-corrected chi connectivity index (χ3v) is 9.13. The minimum absolute atomic E-state index is 0.0461. The highest BCUT2D eigenvalue weighted by Crippen LogP contribution is 2.43. The van der Waals surface area contributed by atoms with Gasteiger partial charge in [0.25, 0.3) is 0 Å². The Morgan fingerprint density at radius 1 is 1.07 bits per heavy atom. The van der Waals surface area contributed by atoms with Gasteiger partial charge in [-0.05, 0) is 80.2 Å². The molecule has 3 aliphatic rings. The molecule has 3 atom stereocenters. The van der Waals surface area contributed by atoms with Gasteiger partial charge in [0, 0.05) is 42.2 Å². The fourth-order valence-corrected chi connectivity index (χ4v) is 7.11. The van der Waals surface area contributed by atoms with E-state index in [4.69, 9.17) is 21.3 Å². The van der Waals surface area contributed by atoms with Crippen molar-refractivity contribution in [3.05, 3.63) is 53.3 Å². The number of aromatic nitrogens is 2. The molecule has 0 radical (unpaired) electrons. The second-order valence-corrected chi connectivity index (χ2v) is 11.9. The zero-order valence-corrected chi connectivity index (χ0v) is 23.3. The van der Waals surface area contributed by atoms with Crippen molar-refractivity contribution in [2.24, 2.45) is 0 Å². The second-order valence-electron chi connectivity index (χ2n) is 11.4. The lowest BCUT2D eigenvalue weighted by atomic mass is 9.96. The minimum atomic E-state index is -0.541. The molecule has 1 aromatic heterocycles. The summed E-state index contributed by atoms with van der Waals surface area (Å²) in [6, 6.07) is 14.0. The molecule has 3 aromatic carbocycles. The molecule has 208 valence electrons. The summed E-state index contributed by atoms with van der Waals surface area (Å²) in [5, 5.41) is 16.5. The maximum atomic E-state index is 16.6. The molecular formula is C31H33ClFN5O2. The summed E-state index contributed by atoms with van der Waals surface area (Å²) in [5.74, 6) is 0.162. The molecule has 3 fully saturated rings. The number of halogens is 2. The van der Waals surface area contributed by atoms with Crippen molar-refractivity contribution >= 4 is 39.1 Å². The third kappa shape index (κ3) is 4.62. The number of likely N-dealkylation sites (tertiary alicyclic amines) is 1. The Morgan fingerprint density at radius 3 is 2.65 bits per heavy atom. The predicted molar refractivity (Wildman–Crippen MR) is 157 cm³/mol. The van der Waals surface area contributed by atoms with E-state index in [1.54, 1.807) is 18.2 Å². The Morgan fingerprint density at radius 2 is 1.88 bits per heavy atom. The van der Waals surface area contributed by atoms with Crippen molar-refractivity contribution in [1.29, 1.82) is 0 Å². The van der Waals surface area contributed by atoms with Crippen LogP contribution in [0, 0.1) is 5.82 Å². The monoisotopic (exact) mass is 561 g/mol. The van der Waals surface area contributed by atoms with E-state index in [0.717, 1.165) is 56.1 Å². The van der Waals surface area contributed by atoms with Gasteiger partial charge < -0.3 is 25.0 Å². The Labute approximate surface area is 237 Å². The van der Waals surface area contributed by atoms with Gasteiger partial charge in [-0.3, -0.25) is 0 Å². The number of benzene rings is 3. The van der Waals surface area contributed by atoms with Crippen LogP contribution in [0.1, 0.15) is 32.1 Å².